The summed E-state index contributed by atoms with van der Waals surface area (Å²) in [6.07, 6.45) is 7.22. The van der Waals surface area contributed by atoms with Gasteiger partial charge in [-0.15, -0.1) is 0 Å². The predicted octanol–water partition coefficient (Wildman–Crippen LogP) is 2.81. The summed E-state index contributed by atoms with van der Waals surface area (Å²) in [5.41, 5.74) is 5.06. The van der Waals surface area contributed by atoms with Gasteiger partial charge in [-0.25, -0.2) is 4.39 Å². The molecule has 1 atom stereocenters. The van der Waals surface area contributed by atoms with E-state index in [0.717, 1.165) is 32.1 Å². The molecule has 29 heavy (non-hydrogen) atoms. The van der Waals surface area contributed by atoms with Gasteiger partial charge in [-0.3, -0.25) is 14.4 Å². The van der Waals surface area contributed by atoms with Gasteiger partial charge in [-0.05, 0) is 68.2 Å². The van der Waals surface area contributed by atoms with Crippen LogP contribution < -0.4 is 16.4 Å². The second-order valence-electron chi connectivity index (χ2n) is 9.02. The zero-order valence-electron chi connectivity index (χ0n) is 16.9. The maximum atomic E-state index is 13.2. The first-order chi connectivity index (χ1) is 13.7. The van der Waals surface area contributed by atoms with Crippen LogP contribution in [0.2, 0.25) is 0 Å². The van der Waals surface area contributed by atoms with Crippen LogP contribution in [0.1, 0.15) is 75.1 Å². The van der Waals surface area contributed by atoms with Gasteiger partial charge in [0, 0.05) is 17.5 Å². The Bertz CT molecular complexity index is 768. The van der Waals surface area contributed by atoms with E-state index in [-0.39, 0.29) is 17.7 Å². The van der Waals surface area contributed by atoms with E-state index >= 15 is 0 Å². The van der Waals surface area contributed by atoms with E-state index in [0.29, 0.717) is 24.8 Å². The largest absolute Gasteiger partial charge is 0.370 e. The molecular weight excluding hydrogens is 373 g/mol. The quantitative estimate of drug-likeness (QED) is 0.622. The summed E-state index contributed by atoms with van der Waals surface area (Å²) in [5.74, 6) is -1.56. The third-order valence-corrected chi connectivity index (χ3v) is 6.45. The molecule has 6 nitrogen and oxygen atoms in total. The number of halogens is 1. The molecule has 1 aromatic rings. The Morgan fingerprint density at radius 1 is 1.07 bits per heavy atom. The van der Waals surface area contributed by atoms with Gasteiger partial charge < -0.3 is 16.4 Å². The summed E-state index contributed by atoms with van der Waals surface area (Å²) in [5, 5.41) is 5.84. The van der Waals surface area contributed by atoms with Gasteiger partial charge >= 0.3 is 0 Å². The molecule has 2 aliphatic rings. The SMILES string of the molecule is CC1(C[C@H](NC(=O)c2ccc(F)cc2)C(=O)NC2(CC(N)=O)CCC2)CCCC1. The Morgan fingerprint density at radius 3 is 2.21 bits per heavy atom. The van der Waals surface area contributed by atoms with Crippen molar-refractivity contribution in [3.63, 3.8) is 0 Å². The van der Waals surface area contributed by atoms with Crippen molar-refractivity contribution in [1.82, 2.24) is 10.6 Å². The molecular formula is C22H30FN3O3. The molecule has 2 fully saturated rings. The minimum absolute atomic E-state index is 0.0193. The van der Waals surface area contributed by atoms with Crippen LogP contribution >= 0.6 is 0 Å². The molecule has 0 saturated heterocycles. The maximum absolute atomic E-state index is 13.2. The molecule has 158 valence electrons. The van der Waals surface area contributed by atoms with Crippen molar-refractivity contribution in [2.45, 2.75) is 76.3 Å². The Hall–Kier alpha value is -2.44. The van der Waals surface area contributed by atoms with E-state index in [1.807, 2.05) is 0 Å². The summed E-state index contributed by atoms with van der Waals surface area (Å²) in [7, 11) is 0. The van der Waals surface area contributed by atoms with E-state index in [4.69, 9.17) is 5.73 Å². The first kappa shape index (κ1) is 21.3. The number of benzene rings is 1. The molecule has 2 saturated carbocycles. The number of carbonyl (C=O) groups is 3. The summed E-state index contributed by atoms with van der Waals surface area (Å²) < 4.78 is 13.2. The highest BCUT2D eigenvalue weighted by atomic mass is 19.1. The van der Waals surface area contributed by atoms with Crippen molar-refractivity contribution in [3.8, 4) is 0 Å². The molecule has 4 N–H and O–H groups in total. The first-order valence-electron chi connectivity index (χ1n) is 10.4. The monoisotopic (exact) mass is 403 g/mol. The van der Waals surface area contributed by atoms with Crippen LogP contribution in [0.25, 0.3) is 0 Å². The normalized spacial score (nSPS) is 20.3. The molecule has 0 spiro atoms. The molecule has 0 aromatic heterocycles. The van der Waals surface area contributed by atoms with Crippen LogP contribution in [-0.4, -0.2) is 29.3 Å². The summed E-state index contributed by atoms with van der Waals surface area (Å²) in [4.78, 5) is 37.3. The molecule has 2 aliphatic carbocycles. The van der Waals surface area contributed by atoms with Crippen LogP contribution in [0.4, 0.5) is 4.39 Å². The number of carbonyl (C=O) groups excluding carboxylic acids is 3. The zero-order valence-corrected chi connectivity index (χ0v) is 16.9. The van der Waals surface area contributed by atoms with Crippen molar-refractivity contribution in [2.75, 3.05) is 0 Å². The third kappa shape index (κ3) is 5.34. The smallest absolute Gasteiger partial charge is 0.251 e. The van der Waals surface area contributed by atoms with Crippen molar-refractivity contribution in [1.29, 1.82) is 0 Å². The van der Waals surface area contributed by atoms with E-state index < -0.39 is 29.2 Å². The highest BCUT2D eigenvalue weighted by Crippen LogP contribution is 2.42. The number of nitrogens with two attached hydrogens (primary N) is 1. The molecule has 3 rings (SSSR count). The lowest BCUT2D eigenvalue weighted by Crippen LogP contribution is -2.60. The predicted molar refractivity (Wildman–Crippen MR) is 107 cm³/mol. The first-order valence-corrected chi connectivity index (χ1v) is 10.4. The van der Waals surface area contributed by atoms with E-state index in [1.165, 1.54) is 24.3 Å². The van der Waals surface area contributed by atoms with Crippen molar-refractivity contribution in [2.24, 2.45) is 11.1 Å². The molecule has 0 heterocycles. The molecule has 0 bridgehead atoms. The minimum Gasteiger partial charge on any atom is -0.370 e. The fourth-order valence-electron chi connectivity index (χ4n) is 4.61. The second kappa shape index (κ2) is 8.51. The summed E-state index contributed by atoms with van der Waals surface area (Å²) in [6, 6.07) is 4.52. The van der Waals surface area contributed by atoms with Gasteiger partial charge in [0.05, 0.1) is 0 Å². The summed E-state index contributed by atoms with van der Waals surface area (Å²) >= 11 is 0. The van der Waals surface area contributed by atoms with Crippen molar-refractivity contribution < 1.29 is 18.8 Å². The van der Waals surface area contributed by atoms with Crippen LogP contribution in [0.15, 0.2) is 24.3 Å². The Labute approximate surface area is 170 Å². The highest BCUT2D eigenvalue weighted by Gasteiger charge is 2.42. The average Bonchev–Trinajstić information content (AvgIpc) is 3.05. The lowest BCUT2D eigenvalue weighted by atomic mass is 9.73. The number of primary amides is 1. The van der Waals surface area contributed by atoms with Gasteiger partial charge in [-0.2, -0.15) is 0 Å². The highest BCUT2D eigenvalue weighted by molar-refractivity contribution is 5.97. The molecule has 0 radical (unpaired) electrons. The average molecular weight is 403 g/mol. The minimum atomic E-state index is -0.721. The Balaban J connectivity index is 1.74. The topological polar surface area (TPSA) is 101 Å². The lowest BCUT2D eigenvalue weighted by Gasteiger charge is -2.43. The molecule has 0 unspecified atom stereocenters. The number of amides is 3. The second-order valence-corrected chi connectivity index (χ2v) is 9.02. The molecule has 0 aliphatic heterocycles. The van der Waals surface area contributed by atoms with E-state index in [1.54, 1.807) is 0 Å². The van der Waals surface area contributed by atoms with Gasteiger partial charge in [-0.1, -0.05) is 19.8 Å². The Kier molecular flexibility index (Phi) is 6.24. The Morgan fingerprint density at radius 2 is 1.69 bits per heavy atom. The summed E-state index contributed by atoms with van der Waals surface area (Å²) in [6.45, 7) is 2.15. The lowest BCUT2D eigenvalue weighted by molar-refractivity contribution is -0.128. The van der Waals surface area contributed by atoms with Gasteiger partial charge in [0.2, 0.25) is 11.8 Å². The number of hydrogen-bond donors (Lipinski definition) is 3. The van der Waals surface area contributed by atoms with Gasteiger partial charge in [0.1, 0.15) is 11.9 Å². The molecule has 7 heteroatoms. The van der Waals surface area contributed by atoms with Crippen molar-refractivity contribution in [3.05, 3.63) is 35.6 Å². The van der Waals surface area contributed by atoms with Gasteiger partial charge in [0.15, 0.2) is 0 Å². The fourth-order valence-corrected chi connectivity index (χ4v) is 4.61. The number of nitrogens with one attached hydrogen (secondary N) is 2. The fraction of sp³-hybridized carbons (Fsp3) is 0.591. The molecule has 1 aromatic carbocycles. The zero-order chi connectivity index (χ0) is 21.1. The van der Waals surface area contributed by atoms with Crippen LogP contribution in [0, 0.1) is 11.2 Å². The maximum Gasteiger partial charge on any atom is 0.251 e. The van der Waals surface area contributed by atoms with Crippen LogP contribution in [0.5, 0.6) is 0 Å². The van der Waals surface area contributed by atoms with Crippen LogP contribution in [0.3, 0.4) is 0 Å². The molecule has 3 amide bonds. The third-order valence-electron chi connectivity index (χ3n) is 6.45. The van der Waals surface area contributed by atoms with E-state index in [2.05, 4.69) is 17.6 Å². The van der Waals surface area contributed by atoms with Gasteiger partial charge in [0.25, 0.3) is 5.91 Å². The van der Waals surface area contributed by atoms with Crippen molar-refractivity contribution >= 4 is 17.7 Å². The number of rotatable bonds is 8. The number of hydrogen-bond acceptors (Lipinski definition) is 3. The van der Waals surface area contributed by atoms with Crippen LogP contribution in [-0.2, 0) is 9.59 Å². The standard InChI is InChI=1S/C22H30FN3O3/c1-21(9-2-3-10-21)13-17(25-19(28)15-5-7-16(23)8-6-15)20(29)26-22(11-4-12-22)14-18(24)27/h5-8,17H,2-4,9-14H2,1H3,(H2,24,27)(H,25,28)(H,26,29)/t17-/m0/s1. The van der Waals surface area contributed by atoms with E-state index in [9.17, 15) is 18.8 Å².